The van der Waals surface area contributed by atoms with Gasteiger partial charge in [0.25, 0.3) is 0 Å². The highest BCUT2D eigenvalue weighted by Crippen LogP contribution is 2.39. The van der Waals surface area contributed by atoms with Crippen LogP contribution in [-0.2, 0) is 0 Å². The highest BCUT2D eigenvalue weighted by molar-refractivity contribution is 6.19. The molecule has 0 amide bonds. The first-order valence-electron chi connectivity index (χ1n) is 15.9. The van der Waals surface area contributed by atoms with Crippen molar-refractivity contribution in [1.29, 1.82) is 0 Å². The first kappa shape index (κ1) is 27.1. The van der Waals surface area contributed by atoms with Gasteiger partial charge in [-0.25, -0.2) is 0 Å². The van der Waals surface area contributed by atoms with Gasteiger partial charge in [0.1, 0.15) is 0 Å². The van der Waals surface area contributed by atoms with E-state index >= 15 is 0 Å². The zero-order valence-corrected chi connectivity index (χ0v) is 25.6. The van der Waals surface area contributed by atoms with E-state index in [2.05, 4.69) is 153 Å². The largest absolute Gasteiger partial charge is 0.380 e. The molecule has 4 nitrogen and oxygen atoms in total. The summed E-state index contributed by atoms with van der Waals surface area (Å²) in [6.07, 6.45) is 11.8. The summed E-state index contributed by atoms with van der Waals surface area (Å²) >= 11 is 0. The van der Waals surface area contributed by atoms with Crippen molar-refractivity contribution in [3.63, 3.8) is 0 Å². The third-order valence-corrected chi connectivity index (χ3v) is 9.23. The van der Waals surface area contributed by atoms with E-state index < -0.39 is 0 Å². The average Bonchev–Trinajstić information content (AvgIpc) is 3.50. The Morgan fingerprint density at radius 3 is 2.09 bits per heavy atom. The predicted molar refractivity (Wildman–Crippen MR) is 195 cm³/mol. The lowest BCUT2D eigenvalue weighted by atomic mass is 9.98. The van der Waals surface area contributed by atoms with Crippen molar-refractivity contribution in [3.8, 4) is 27.9 Å². The smallest absolute Gasteiger partial charge is 0.0619 e. The van der Waals surface area contributed by atoms with Crippen molar-refractivity contribution in [3.05, 3.63) is 175 Å². The van der Waals surface area contributed by atoms with Crippen LogP contribution in [0.3, 0.4) is 0 Å². The number of benzene rings is 5. The van der Waals surface area contributed by atoms with E-state index in [-0.39, 0.29) is 0 Å². The Kier molecular flexibility index (Phi) is 6.50. The monoisotopic (exact) mass is 602 g/mol. The maximum Gasteiger partial charge on any atom is 0.0619 e. The van der Waals surface area contributed by atoms with Crippen LogP contribution < -0.4 is 5.32 Å². The minimum absolute atomic E-state index is 0.780. The molecule has 0 radical (unpaired) electrons. The Morgan fingerprint density at radius 2 is 1.28 bits per heavy atom. The summed E-state index contributed by atoms with van der Waals surface area (Å²) in [5, 5.41) is 8.58. The van der Waals surface area contributed by atoms with Crippen molar-refractivity contribution >= 4 is 43.8 Å². The Hall–Kier alpha value is -6.26. The summed E-state index contributed by atoms with van der Waals surface area (Å²) in [6.45, 7) is 0.780. The molecule has 0 fully saturated rings. The van der Waals surface area contributed by atoms with Crippen LogP contribution in [-0.4, -0.2) is 21.1 Å². The SMILES string of the molecule is C1=C(c2ccncc2)CNC(c2ccc3c(ccc4c5ccc(-c6cccc(-c7cccnc7)c6)cc5n(-c5ccccc5)c34)c2)=C1. The van der Waals surface area contributed by atoms with Gasteiger partial charge < -0.3 is 9.88 Å². The highest BCUT2D eigenvalue weighted by Gasteiger charge is 2.17. The molecule has 0 saturated heterocycles. The summed E-state index contributed by atoms with van der Waals surface area (Å²) < 4.78 is 2.43. The molecule has 0 atom stereocenters. The second kappa shape index (κ2) is 11.3. The molecule has 4 heteroatoms. The average molecular weight is 603 g/mol. The molecule has 1 aliphatic rings. The van der Waals surface area contributed by atoms with Gasteiger partial charge in [-0.15, -0.1) is 0 Å². The lowest BCUT2D eigenvalue weighted by Crippen LogP contribution is -2.18. The second-order valence-corrected chi connectivity index (χ2v) is 12.0. The zero-order chi connectivity index (χ0) is 31.2. The molecular formula is C43H30N4. The van der Waals surface area contributed by atoms with Crippen LogP contribution >= 0.6 is 0 Å². The van der Waals surface area contributed by atoms with Gasteiger partial charge in [0.05, 0.1) is 11.0 Å². The molecule has 0 bridgehead atoms. The summed E-state index contributed by atoms with van der Waals surface area (Å²) in [6, 6.07) is 45.9. The number of hydrogen-bond acceptors (Lipinski definition) is 3. The molecular weight excluding hydrogens is 573 g/mol. The van der Waals surface area contributed by atoms with E-state index in [1.54, 1.807) is 0 Å². The number of nitrogens with zero attached hydrogens (tertiary/aromatic N) is 3. The number of nitrogens with one attached hydrogen (secondary N) is 1. The van der Waals surface area contributed by atoms with E-state index in [0.717, 1.165) is 29.1 Å². The zero-order valence-electron chi connectivity index (χ0n) is 25.6. The maximum atomic E-state index is 4.33. The van der Waals surface area contributed by atoms with E-state index in [0.29, 0.717) is 0 Å². The Labute approximate surface area is 273 Å². The first-order valence-corrected chi connectivity index (χ1v) is 15.9. The summed E-state index contributed by atoms with van der Waals surface area (Å²) in [7, 11) is 0. The van der Waals surface area contributed by atoms with Gasteiger partial charge in [-0.3, -0.25) is 9.97 Å². The second-order valence-electron chi connectivity index (χ2n) is 12.0. The van der Waals surface area contributed by atoms with Crippen molar-refractivity contribution in [1.82, 2.24) is 19.9 Å². The van der Waals surface area contributed by atoms with Gasteiger partial charge in [0.15, 0.2) is 0 Å². The first-order chi connectivity index (χ1) is 23.3. The fourth-order valence-corrected chi connectivity index (χ4v) is 6.90. The minimum Gasteiger partial charge on any atom is -0.380 e. The van der Waals surface area contributed by atoms with Crippen LogP contribution in [0.15, 0.2) is 164 Å². The maximum absolute atomic E-state index is 4.33. The topological polar surface area (TPSA) is 42.7 Å². The number of hydrogen-bond donors (Lipinski definition) is 1. The molecule has 1 N–H and O–H groups in total. The van der Waals surface area contributed by atoms with Crippen molar-refractivity contribution in [2.45, 2.75) is 0 Å². The fraction of sp³-hybridized carbons (Fsp3) is 0.0233. The molecule has 47 heavy (non-hydrogen) atoms. The van der Waals surface area contributed by atoms with Gasteiger partial charge in [-0.05, 0) is 93.4 Å². The molecule has 9 rings (SSSR count). The van der Waals surface area contributed by atoms with Crippen LogP contribution in [0.2, 0.25) is 0 Å². The van der Waals surface area contributed by atoms with Gasteiger partial charge in [0.2, 0.25) is 0 Å². The van der Waals surface area contributed by atoms with E-state index in [1.807, 2.05) is 30.9 Å². The molecule has 222 valence electrons. The van der Waals surface area contributed by atoms with Crippen LogP contribution in [0.5, 0.6) is 0 Å². The van der Waals surface area contributed by atoms with Gasteiger partial charge in [-0.2, -0.15) is 0 Å². The number of rotatable bonds is 5. The Morgan fingerprint density at radius 1 is 0.511 bits per heavy atom. The number of fused-ring (bicyclic) bond motifs is 5. The molecule has 4 heterocycles. The Balaban J connectivity index is 1.19. The minimum atomic E-state index is 0.780. The number of aromatic nitrogens is 3. The van der Waals surface area contributed by atoms with Gasteiger partial charge in [0, 0.05) is 64.4 Å². The quantitative estimate of drug-likeness (QED) is 0.213. The van der Waals surface area contributed by atoms with Crippen molar-refractivity contribution in [2.75, 3.05) is 6.54 Å². The van der Waals surface area contributed by atoms with E-state index in [4.69, 9.17) is 0 Å². The van der Waals surface area contributed by atoms with Gasteiger partial charge >= 0.3 is 0 Å². The predicted octanol–water partition coefficient (Wildman–Crippen LogP) is 10.1. The fourth-order valence-electron chi connectivity index (χ4n) is 6.90. The number of allylic oxidation sites excluding steroid dienone is 2. The van der Waals surface area contributed by atoms with Gasteiger partial charge in [-0.1, -0.05) is 84.9 Å². The molecule has 0 saturated carbocycles. The summed E-state index contributed by atoms with van der Waals surface area (Å²) in [5.74, 6) is 0. The van der Waals surface area contributed by atoms with Crippen molar-refractivity contribution in [2.24, 2.45) is 0 Å². The van der Waals surface area contributed by atoms with E-state index in [9.17, 15) is 0 Å². The van der Waals surface area contributed by atoms with Crippen LogP contribution in [0.25, 0.3) is 71.8 Å². The Bertz CT molecular complexity index is 2490. The van der Waals surface area contributed by atoms with Crippen LogP contribution in [0.4, 0.5) is 0 Å². The molecule has 8 aromatic rings. The highest BCUT2D eigenvalue weighted by atomic mass is 15.0. The molecule has 0 spiro atoms. The normalized spacial score (nSPS) is 13.0. The molecule has 0 aliphatic carbocycles. The van der Waals surface area contributed by atoms with Crippen molar-refractivity contribution < 1.29 is 0 Å². The summed E-state index contributed by atoms with van der Waals surface area (Å²) in [5.41, 5.74) is 13.0. The van der Waals surface area contributed by atoms with E-state index in [1.165, 1.54) is 60.4 Å². The number of para-hydroxylation sites is 1. The number of pyridine rings is 2. The third-order valence-electron chi connectivity index (χ3n) is 9.23. The third kappa shape index (κ3) is 4.79. The lowest BCUT2D eigenvalue weighted by Gasteiger charge is -2.18. The molecule has 5 aromatic carbocycles. The van der Waals surface area contributed by atoms with Crippen LogP contribution in [0, 0.1) is 0 Å². The van der Waals surface area contributed by atoms with Crippen LogP contribution in [0.1, 0.15) is 11.1 Å². The summed E-state index contributed by atoms with van der Waals surface area (Å²) in [4.78, 5) is 8.49. The molecule has 1 aliphatic heterocycles. The number of dihydropyridines is 1. The molecule has 3 aromatic heterocycles. The molecule has 0 unspecified atom stereocenters. The standard InChI is InChI=1S/C43H30N4/c1-2-9-37(10-3-1)47-42-26-32(30-6-4-7-31(24-30)35-8-5-21-45-27-35)11-16-39(42)40-17-12-33-25-34(13-15-38(33)43(40)47)41-18-14-36(28-46-41)29-19-22-44-23-20-29/h1-27,46H,28H2. The lowest BCUT2D eigenvalue weighted by molar-refractivity contribution is 1.01.